The molecule has 0 radical (unpaired) electrons. The molecule has 0 spiro atoms. The molecule has 1 amide bonds. The molecule has 0 aromatic rings. The van der Waals surface area contributed by atoms with Crippen LogP contribution in [0.15, 0.2) is 83.9 Å². The fraction of sp³-hybridized carbons (Fsp3) is 0.200. The normalized spacial score (nSPS) is 14.7. The van der Waals surface area contributed by atoms with Crippen LogP contribution in [0.1, 0.15) is 27.2 Å². The van der Waals surface area contributed by atoms with Gasteiger partial charge in [-0.1, -0.05) is 56.9 Å². The van der Waals surface area contributed by atoms with Crippen molar-refractivity contribution in [2.24, 2.45) is 0 Å². The van der Waals surface area contributed by atoms with Gasteiger partial charge in [0, 0.05) is 22.9 Å². The second kappa shape index (κ2) is 12.5. The standard InChI is InChI=1S/C18H18FNO3.C2H6/c1-3-6-13(16(19)4-2)11-12-20-17(21)14-7-5-8-15(10-9-14)18(22)23;1-2/h3-9,11-12H,1,10H2,2H3,(H,20,21)(H,22,23);1-2H3/b12-11+,13-6-,16-4+;. The zero-order chi connectivity index (χ0) is 19.2. The number of aliphatic carboxylic acids is 1. The van der Waals surface area contributed by atoms with Crippen molar-refractivity contribution in [1.29, 1.82) is 0 Å². The first-order valence-electron chi connectivity index (χ1n) is 7.92. The summed E-state index contributed by atoms with van der Waals surface area (Å²) in [7, 11) is 0. The minimum Gasteiger partial charge on any atom is -0.478 e. The molecule has 0 aromatic carbocycles. The fourth-order valence-corrected chi connectivity index (χ4v) is 1.75. The topological polar surface area (TPSA) is 66.4 Å². The van der Waals surface area contributed by atoms with Gasteiger partial charge in [0.05, 0.1) is 0 Å². The summed E-state index contributed by atoms with van der Waals surface area (Å²) in [5, 5.41) is 11.4. The van der Waals surface area contributed by atoms with Crippen LogP contribution >= 0.6 is 0 Å². The fourth-order valence-electron chi connectivity index (χ4n) is 1.75. The predicted octanol–water partition coefficient (Wildman–Crippen LogP) is 4.53. The van der Waals surface area contributed by atoms with Crippen LogP contribution in [0.2, 0.25) is 0 Å². The second-order valence-electron chi connectivity index (χ2n) is 4.52. The molecular weight excluding hydrogens is 321 g/mol. The Bertz CT molecular complexity index is 677. The van der Waals surface area contributed by atoms with Gasteiger partial charge >= 0.3 is 5.97 Å². The number of carboxylic acid groups (broad SMARTS) is 1. The molecule has 0 aromatic heterocycles. The van der Waals surface area contributed by atoms with Crippen LogP contribution in [0.5, 0.6) is 0 Å². The van der Waals surface area contributed by atoms with Crippen molar-refractivity contribution >= 4 is 11.9 Å². The van der Waals surface area contributed by atoms with E-state index in [-0.39, 0.29) is 17.6 Å². The Balaban J connectivity index is 0.00000277. The van der Waals surface area contributed by atoms with Gasteiger partial charge in [0.25, 0.3) is 5.91 Å². The molecule has 0 heterocycles. The van der Waals surface area contributed by atoms with Crippen LogP contribution in [0.3, 0.4) is 0 Å². The summed E-state index contributed by atoms with van der Waals surface area (Å²) < 4.78 is 13.5. The van der Waals surface area contributed by atoms with E-state index in [1.54, 1.807) is 6.92 Å². The molecular formula is C20H24FNO3. The number of amides is 1. The van der Waals surface area contributed by atoms with E-state index < -0.39 is 17.7 Å². The molecule has 134 valence electrons. The van der Waals surface area contributed by atoms with Crippen LogP contribution in [0.4, 0.5) is 4.39 Å². The summed E-state index contributed by atoms with van der Waals surface area (Å²) in [6.45, 7) is 9.06. The third-order valence-corrected chi connectivity index (χ3v) is 2.96. The molecule has 4 nitrogen and oxygen atoms in total. The van der Waals surface area contributed by atoms with Crippen molar-refractivity contribution in [1.82, 2.24) is 5.32 Å². The third-order valence-electron chi connectivity index (χ3n) is 2.96. The zero-order valence-corrected chi connectivity index (χ0v) is 14.8. The van der Waals surface area contributed by atoms with Gasteiger partial charge in [-0.25, -0.2) is 9.18 Å². The van der Waals surface area contributed by atoms with Gasteiger partial charge in [-0.2, -0.15) is 0 Å². The van der Waals surface area contributed by atoms with E-state index in [0.717, 1.165) is 0 Å². The molecule has 0 saturated carbocycles. The lowest BCUT2D eigenvalue weighted by atomic mass is 10.1. The maximum absolute atomic E-state index is 13.5. The van der Waals surface area contributed by atoms with Gasteiger partial charge in [0.2, 0.25) is 0 Å². The van der Waals surface area contributed by atoms with Crippen LogP contribution < -0.4 is 5.32 Å². The number of carbonyl (C=O) groups is 2. The molecule has 0 atom stereocenters. The zero-order valence-electron chi connectivity index (χ0n) is 14.8. The average Bonchev–Trinajstić information content (AvgIpc) is 2.88. The Kier molecular flexibility index (Phi) is 11.0. The largest absolute Gasteiger partial charge is 0.478 e. The van der Waals surface area contributed by atoms with Gasteiger partial charge in [0.15, 0.2) is 0 Å². The first kappa shape index (κ1) is 22.1. The maximum Gasteiger partial charge on any atom is 0.331 e. The number of carbonyl (C=O) groups excluding carboxylic acids is 1. The highest BCUT2D eigenvalue weighted by Crippen LogP contribution is 2.14. The van der Waals surface area contributed by atoms with E-state index in [2.05, 4.69) is 11.9 Å². The lowest BCUT2D eigenvalue weighted by Gasteiger charge is -2.02. The van der Waals surface area contributed by atoms with Crippen molar-refractivity contribution in [2.45, 2.75) is 27.2 Å². The van der Waals surface area contributed by atoms with Gasteiger partial charge in [-0.3, -0.25) is 4.79 Å². The van der Waals surface area contributed by atoms with Crippen molar-refractivity contribution in [3.8, 4) is 0 Å². The van der Waals surface area contributed by atoms with Gasteiger partial charge in [-0.05, 0) is 25.5 Å². The highest BCUT2D eigenvalue weighted by molar-refractivity contribution is 5.97. The number of nitrogens with one attached hydrogen (secondary N) is 1. The first-order chi connectivity index (χ1) is 12.0. The smallest absolute Gasteiger partial charge is 0.331 e. The number of rotatable bonds is 6. The van der Waals surface area contributed by atoms with E-state index in [4.69, 9.17) is 5.11 Å². The predicted molar refractivity (Wildman–Crippen MR) is 99.3 cm³/mol. The van der Waals surface area contributed by atoms with Crippen molar-refractivity contribution in [3.05, 3.63) is 83.9 Å². The number of hydrogen-bond acceptors (Lipinski definition) is 2. The second-order valence-corrected chi connectivity index (χ2v) is 4.52. The molecule has 0 saturated heterocycles. The van der Waals surface area contributed by atoms with Gasteiger partial charge in [-0.15, -0.1) is 0 Å². The molecule has 5 heteroatoms. The quantitative estimate of drug-likeness (QED) is 0.695. The van der Waals surface area contributed by atoms with Crippen molar-refractivity contribution in [2.75, 3.05) is 0 Å². The van der Waals surface area contributed by atoms with Gasteiger partial charge < -0.3 is 10.4 Å². The number of hydrogen-bond donors (Lipinski definition) is 2. The Hall–Kier alpha value is -2.95. The molecule has 1 rings (SSSR count). The summed E-state index contributed by atoms with van der Waals surface area (Å²) >= 11 is 0. The third kappa shape index (κ3) is 7.92. The van der Waals surface area contributed by atoms with Crippen LogP contribution in [-0.4, -0.2) is 17.0 Å². The maximum atomic E-state index is 13.5. The van der Waals surface area contributed by atoms with Crippen LogP contribution in [0, 0.1) is 0 Å². The van der Waals surface area contributed by atoms with E-state index >= 15 is 0 Å². The lowest BCUT2D eigenvalue weighted by molar-refractivity contribution is -0.132. The molecule has 0 aliphatic heterocycles. The average molecular weight is 345 g/mol. The van der Waals surface area contributed by atoms with Crippen LogP contribution in [0.25, 0.3) is 0 Å². The Morgan fingerprint density at radius 3 is 2.60 bits per heavy atom. The summed E-state index contributed by atoms with van der Waals surface area (Å²) in [5.41, 5.74) is 0.817. The Morgan fingerprint density at radius 2 is 2.04 bits per heavy atom. The molecule has 2 N–H and O–H groups in total. The highest BCUT2D eigenvalue weighted by atomic mass is 19.1. The van der Waals surface area contributed by atoms with E-state index in [1.165, 1.54) is 54.8 Å². The molecule has 0 fully saturated rings. The molecule has 0 bridgehead atoms. The van der Waals surface area contributed by atoms with E-state index in [1.807, 2.05) is 13.8 Å². The number of halogens is 1. The summed E-state index contributed by atoms with van der Waals surface area (Å²) in [6, 6.07) is 0. The summed E-state index contributed by atoms with van der Waals surface area (Å²) in [5.74, 6) is -1.86. The van der Waals surface area contributed by atoms with E-state index in [0.29, 0.717) is 5.57 Å². The summed E-state index contributed by atoms with van der Waals surface area (Å²) in [6.07, 6.45) is 13.1. The first-order valence-corrected chi connectivity index (χ1v) is 7.92. The molecule has 0 unspecified atom stereocenters. The molecule has 1 aliphatic rings. The number of allylic oxidation sites excluding steroid dienone is 9. The Labute approximate surface area is 148 Å². The van der Waals surface area contributed by atoms with Crippen molar-refractivity contribution < 1.29 is 19.1 Å². The minimum absolute atomic E-state index is 0.156. The van der Waals surface area contributed by atoms with Crippen molar-refractivity contribution in [3.63, 3.8) is 0 Å². The Morgan fingerprint density at radius 1 is 1.36 bits per heavy atom. The minimum atomic E-state index is -1.02. The van der Waals surface area contributed by atoms with E-state index in [9.17, 15) is 14.0 Å². The highest BCUT2D eigenvalue weighted by Gasteiger charge is 2.10. The lowest BCUT2D eigenvalue weighted by Crippen LogP contribution is -2.18. The monoisotopic (exact) mass is 345 g/mol. The summed E-state index contributed by atoms with van der Waals surface area (Å²) in [4.78, 5) is 22.9. The van der Waals surface area contributed by atoms with Gasteiger partial charge in [0.1, 0.15) is 5.83 Å². The molecule has 25 heavy (non-hydrogen) atoms. The SMILES string of the molecule is C=C/C=C(/C=C/NC(=O)C1=CCC(C(=O)O)=CC=C1)C(\F)=C/C.CC. The number of carboxylic acids is 1. The van der Waals surface area contributed by atoms with Crippen LogP contribution in [-0.2, 0) is 9.59 Å². The molecule has 1 aliphatic carbocycles.